The van der Waals surface area contributed by atoms with Crippen molar-refractivity contribution in [2.45, 2.75) is 57.7 Å². The molecular formula is C29H34N2O5. The molecule has 1 aromatic carbocycles. The molecule has 0 radical (unpaired) electrons. The Morgan fingerprint density at radius 2 is 2.03 bits per heavy atom. The van der Waals surface area contributed by atoms with Crippen LogP contribution >= 0.6 is 0 Å². The van der Waals surface area contributed by atoms with Crippen molar-refractivity contribution in [2.75, 3.05) is 6.61 Å². The SMILES string of the molecule is Cn1c(OCC(=O)[C@@]2(O)CCC3C4CCC5=CC(=O)C=CC5(C)C4C(O)CC32C)nc2ccccc21. The lowest BCUT2D eigenvalue weighted by molar-refractivity contribution is -0.178. The Bertz CT molecular complexity index is 1330. The summed E-state index contributed by atoms with van der Waals surface area (Å²) >= 11 is 0. The van der Waals surface area contributed by atoms with Gasteiger partial charge in [0.15, 0.2) is 12.4 Å². The average Bonchev–Trinajstić information content (AvgIpc) is 3.31. The zero-order valence-electron chi connectivity index (χ0n) is 21.1. The molecule has 0 saturated heterocycles. The summed E-state index contributed by atoms with van der Waals surface area (Å²) in [5.41, 5.74) is 0.111. The van der Waals surface area contributed by atoms with Crippen LogP contribution in [-0.4, -0.2) is 49.6 Å². The number of para-hydroxylation sites is 2. The highest BCUT2D eigenvalue weighted by Gasteiger charge is 2.68. The summed E-state index contributed by atoms with van der Waals surface area (Å²) in [6.07, 6.45) is 7.76. The maximum atomic E-state index is 13.6. The quantitative estimate of drug-likeness (QED) is 0.680. The number of aryl methyl sites for hydroxylation is 1. The Labute approximate surface area is 210 Å². The van der Waals surface area contributed by atoms with Crippen molar-refractivity contribution in [1.29, 1.82) is 0 Å². The molecule has 6 rings (SSSR count). The summed E-state index contributed by atoms with van der Waals surface area (Å²) in [7, 11) is 1.84. The summed E-state index contributed by atoms with van der Waals surface area (Å²) < 4.78 is 7.65. The van der Waals surface area contributed by atoms with Crippen LogP contribution in [-0.2, 0) is 16.6 Å². The number of aromatic nitrogens is 2. The van der Waals surface area contributed by atoms with Gasteiger partial charge in [-0.25, -0.2) is 0 Å². The Morgan fingerprint density at radius 1 is 1.25 bits per heavy atom. The largest absolute Gasteiger partial charge is 0.457 e. The second kappa shape index (κ2) is 7.86. The monoisotopic (exact) mass is 490 g/mol. The molecule has 3 fully saturated rings. The molecule has 3 saturated carbocycles. The number of ketones is 2. The lowest BCUT2D eigenvalue weighted by Gasteiger charge is -2.59. The number of Topliss-reactive ketones (excluding diaryl/α,β-unsaturated/α-hetero) is 1. The second-order valence-corrected chi connectivity index (χ2v) is 11.8. The Hall–Kier alpha value is -2.77. The molecule has 7 nitrogen and oxygen atoms in total. The van der Waals surface area contributed by atoms with Gasteiger partial charge in [0.05, 0.1) is 17.1 Å². The molecule has 36 heavy (non-hydrogen) atoms. The van der Waals surface area contributed by atoms with Gasteiger partial charge in [0.25, 0.3) is 6.01 Å². The van der Waals surface area contributed by atoms with Crippen molar-refractivity contribution in [2.24, 2.45) is 35.6 Å². The molecule has 4 aliphatic carbocycles. The smallest absolute Gasteiger partial charge is 0.297 e. The minimum Gasteiger partial charge on any atom is -0.457 e. The van der Waals surface area contributed by atoms with E-state index in [4.69, 9.17) is 4.74 Å². The van der Waals surface area contributed by atoms with Crippen LogP contribution in [0.5, 0.6) is 6.01 Å². The first-order valence-corrected chi connectivity index (χ1v) is 13.0. The normalized spacial score (nSPS) is 39.4. The van der Waals surface area contributed by atoms with Gasteiger partial charge in [-0.2, -0.15) is 4.98 Å². The molecule has 1 heterocycles. The van der Waals surface area contributed by atoms with Gasteiger partial charge in [0.1, 0.15) is 5.60 Å². The summed E-state index contributed by atoms with van der Waals surface area (Å²) in [6.45, 7) is 3.84. The van der Waals surface area contributed by atoms with Crippen molar-refractivity contribution in [3.63, 3.8) is 0 Å². The number of rotatable bonds is 4. The van der Waals surface area contributed by atoms with E-state index < -0.39 is 17.1 Å². The van der Waals surface area contributed by atoms with Crippen LogP contribution in [0.2, 0.25) is 0 Å². The summed E-state index contributed by atoms with van der Waals surface area (Å²) in [6, 6.07) is 8.00. The van der Waals surface area contributed by atoms with Gasteiger partial charge in [0.2, 0.25) is 5.78 Å². The van der Waals surface area contributed by atoms with E-state index in [1.54, 1.807) is 16.7 Å². The fourth-order valence-corrected chi connectivity index (χ4v) is 8.29. The van der Waals surface area contributed by atoms with Crippen molar-refractivity contribution >= 4 is 22.6 Å². The molecular weight excluding hydrogens is 456 g/mol. The predicted molar refractivity (Wildman–Crippen MR) is 134 cm³/mol. The van der Waals surface area contributed by atoms with Crippen molar-refractivity contribution in [3.8, 4) is 6.01 Å². The van der Waals surface area contributed by atoms with E-state index in [9.17, 15) is 19.8 Å². The van der Waals surface area contributed by atoms with Crippen LogP contribution in [0.4, 0.5) is 0 Å². The molecule has 0 aliphatic heterocycles. The standard InChI is InChI=1S/C29H34N2O5/c1-27-12-10-18(32)14-17(27)8-9-19-20-11-13-29(35,28(20,2)15-23(33)25(19)27)24(34)16-36-26-30-21-6-4-5-7-22(21)31(26)3/h4-7,10,12,14,19-20,23,25,33,35H,8-9,11,13,15-16H2,1-3H3/t19?,20?,23?,25?,27?,28?,29-/m0/s1. The fraction of sp³-hybridized carbons (Fsp3) is 0.552. The third-order valence-corrected chi connectivity index (χ3v) is 10.2. The van der Waals surface area contributed by atoms with E-state index in [1.165, 1.54) is 0 Å². The molecule has 0 spiro atoms. The number of allylic oxidation sites excluding steroid dienone is 4. The van der Waals surface area contributed by atoms with Crippen molar-refractivity contribution in [1.82, 2.24) is 9.55 Å². The number of fused-ring (bicyclic) bond motifs is 6. The van der Waals surface area contributed by atoms with Gasteiger partial charge in [-0.3, -0.25) is 14.2 Å². The highest BCUT2D eigenvalue weighted by atomic mass is 16.5. The number of carbonyl (C=O) groups is 2. The van der Waals surface area contributed by atoms with Crippen LogP contribution < -0.4 is 4.74 Å². The Balaban J connectivity index is 1.25. The van der Waals surface area contributed by atoms with Crippen molar-refractivity contribution in [3.05, 3.63) is 48.1 Å². The van der Waals surface area contributed by atoms with Gasteiger partial charge in [-0.05, 0) is 68.2 Å². The van der Waals surface area contributed by atoms with E-state index >= 15 is 0 Å². The third-order valence-electron chi connectivity index (χ3n) is 10.2. The van der Waals surface area contributed by atoms with Gasteiger partial charge in [0, 0.05) is 23.8 Å². The highest BCUT2D eigenvalue weighted by Crippen LogP contribution is 2.67. The number of aliphatic hydroxyl groups is 2. The molecule has 1 aromatic heterocycles. The van der Waals surface area contributed by atoms with E-state index in [-0.39, 0.29) is 41.3 Å². The average molecular weight is 491 g/mol. The van der Waals surface area contributed by atoms with Crippen LogP contribution in [0.3, 0.4) is 0 Å². The van der Waals surface area contributed by atoms with Gasteiger partial charge in [-0.1, -0.05) is 37.6 Å². The maximum Gasteiger partial charge on any atom is 0.297 e. The lowest BCUT2D eigenvalue weighted by atomic mass is 9.46. The number of hydrogen-bond acceptors (Lipinski definition) is 6. The minimum absolute atomic E-state index is 0.0116. The molecule has 4 aliphatic rings. The maximum absolute atomic E-state index is 13.6. The Kier molecular flexibility index (Phi) is 5.16. The summed E-state index contributed by atoms with van der Waals surface area (Å²) in [5, 5.41) is 23.4. The summed E-state index contributed by atoms with van der Waals surface area (Å²) in [4.78, 5) is 30.1. The van der Waals surface area contributed by atoms with Crippen LogP contribution in [0, 0.1) is 28.6 Å². The van der Waals surface area contributed by atoms with Gasteiger partial charge >= 0.3 is 0 Å². The number of nitrogens with zero attached hydrogens (tertiary/aromatic N) is 2. The zero-order valence-corrected chi connectivity index (χ0v) is 21.1. The van der Waals surface area contributed by atoms with Crippen molar-refractivity contribution < 1.29 is 24.5 Å². The topological polar surface area (TPSA) is 102 Å². The van der Waals surface area contributed by atoms with E-state index in [1.807, 2.05) is 44.3 Å². The molecule has 6 unspecified atom stereocenters. The highest BCUT2D eigenvalue weighted by molar-refractivity contribution is 6.01. The molecule has 0 amide bonds. The van der Waals surface area contributed by atoms with Gasteiger partial charge < -0.3 is 14.9 Å². The zero-order chi connectivity index (χ0) is 25.5. The third kappa shape index (κ3) is 3.08. The first-order chi connectivity index (χ1) is 17.1. The first-order valence-electron chi connectivity index (χ1n) is 13.0. The van der Waals surface area contributed by atoms with Crippen LogP contribution in [0.1, 0.15) is 46.0 Å². The van der Waals surface area contributed by atoms with E-state index in [0.717, 1.165) is 35.9 Å². The molecule has 7 heteroatoms. The van der Waals surface area contributed by atoms with E-state index in [2.05, 4.69) is 11.9 Å². The number of carbonyl (C=O) groups excluding carboxylic acids is 2. The number of imidazole rings is 1. The van der Waals surface area contributed by atoms with Gasteiger partial charge in [-0.15, -0.1) is 0 Å². The number of aliphatic hydroxyl groups excluding tert-OH is 1. The molecule has 2 aromatic rings. The fourth-order valence-electron chi connectivity index (χ4n) is 8.29. The molecule has 190 valence electrons. The van der Waals surface area contributed by atoms with Crippen LogP contribution in [0.15, 0.2) is 48.1 Å². The lowest BCUT2D eigenvalue weighted by Crippen LogP contribution is -2.61. The number of benzene rings is 1. The minimum atomic E-state index is -1.57. The number of hydrogen-bond donors (Lipinski definition) is 2. The van der Waals surface area contributed by atoms with E-state index in [0.29, 0.717) is 18.9 Å². The summed E-state index contributed by atoms with van der Waals surface area (Å²) in [5.74, 6) is -0.0940. The van der Waals surface area contributed by atoms with Crippen LogP contribution in [0.25, 0.3) is 11.0 Å². The second-order valence-electron chi connectivity index (χ2n) is 11.8. The molecule has 7 atom stereocenters. The molecule has 2 N–H and O–H groups in total. The number of ether oxygens (including phenoxy) is 1. The first kappa shape index (κ1) is 23.6. The predicted octanol–water partition coefficient (Wildman–Crippen LogP) is 3.53. The molecule has 0 bridgehead atoms. The Morgan fingerprint density at radius 3 is 2.81 bits per heavy atom.